The van der Waals surface area contributed by atoms with E-state index in [0.29, 0.717) is 48.5 Å². The molecule has 3 unspecified atom stereocenters. The summed E-state index contributed by atoms with van der Waals surface area (Å²) < 4.78 is 0.476. The highest BCUT2D eigenvalue weighted by Crippen LogP contribution is 2.40. The van der Waals surface area contributed by atoms with Gasteiger partial charge in [0.15, 0.2) is 5.66 Å². The lowest BCUT2D eigenvalue weighted by Gasteiger charge is -2.55. The van der Waals surface area contributed by atoms with Crippen molar-refractivity contribution in [2.45, 2.75) is 96.2 Å². The first-order valence-electron chi connectivity index (χ1n) is 18.3. The van der Waals surface area contributed by atoms with Gasteiger partial charge in [-0.25, -0.2) is 0 Å². The fraction of sp³-hybridized carbons (Fsp3) is 0.442. The van der Waals surface area contributed by atoms with Crippen molar-refractivity contribution in [3.05, 3.63) is 131 Å². The van der Waals surface area contributed by atoms with Crippen LogP contribution in [0.15, 0.2) is 109 Å². The molecule has 50 heavy (non-hydrogen) atoms. The number of aliphatic hydroxyl groups is 1. The number of nitrogens with zero attached hydrogens (tertiary/aromatic N) is 1. The predicted octanol–water partition coefficient (Wildman–Crippen LogP) is 6.36. The van der Waals surface area contributed by atoms with E-state index in [4.69, 9.17) is 5.73 Å². The first-order valence-corrected chi connectivity index (χ1v) is 18.3. The molecule has 0 saturated heterocycles. The maximum atomic E-state index is 11.0. The van der Waals surface area contributed by atoms with Crippen molar-refractivity contribution in [1.82, 2.24) is 0 Å². The van der Waals surface area contributed by atoms with Crippen LogP contribution in [0.4, 0.5) is 0 Å². The van der Waals surface area contributed by atoms with Gasteiger partial charge in [0.05, 0.1) is 13.2 Å². The normalized spacial score (nSPS) is 14.1. The number of phenolic OH excluding ortho intramolecular Hbond substituents is 2. The van der Waals surface area contributed by atoms with Crippen molar-refractivity contribution < 1.29 is 32.2 Å². The highest BCUT2D eigenvalue weighted by Gasteiger charge is 2.52. The smallest absolute Gasteiger partial charge is 0.154 e. The Bertz CT molecular complexity index is 1480. The molecule has 0 radical (unpaired) electrons. The summed E-state index contributed by atoms with van der Waals surface area (Å²) >= 11 is 0. The molecule has 5 N–H and O–H groups in total. The number of aliphatic hydroxyl groups excluding tert-OH is 1. The van der Waals surface area contributed by atoms with Crippen LogP contribution in [0.25, 0.3) is 0 Å². The summed E-state index contributed by atoms with van der Waals surface area (Å²) in [6, 6.07) is 36.3. The summed E-state index contributed by atoms with van der Waals surface area (Å²) in [6.45, 7) is 4.06. The first-order chi connectivity index (χ1) is 23.4. The van der Waals surface area contributed by atoms with Gasteiger partial charge in [-0.05, 0) is 48.1 Å². The van der Waals surface area contributed by atoms with Crippen molar-refractivity contribution in [3.8, 4) is 11.5 Å². The number of nitrogens with two attached hydrogens (primary N) is 1. The Hall–Kier alpha value is -3.06. The van der Waals surface area contributed by atoms with Crippen LogP contribution >= 0.6 is 12.4 Å². The van der Waals surface area contributed by atoms with Gasteiger partial charge in [-0.15, -0.1) is 12.4 Å². The predicted molar refractivity (Wildman–Crippen MR) is 206 cm³/mol. The van der Waals surface area contributed by atoms with Gasteiger partial charge in [-0.3, -0.25) is 5.73 Å². The summed E-state index contributed by atoms with van der Waals surface area (Å²) in [7, 11) is 0. The molecule has 4 aromatic rings. The average molecular weight is 724 g/mol. The van der Waals surface area contributed by atoms with Crippen LogP contribution in [0.2, 0.25) is 0 Å². The Kier molecular flexibility index (Phi) is 19.6. The zero-order valence-corrected chi connectivity index (χ0v) is 31.5. The Morgan fingerprint density at radius 1 is 0.620 bits per heavy atom. The molecule has 0 fully saturated rings. The summed E-state index contributed by atoms with van der Waals surface area (Å²) in [5, 5.41) is 32.7. The van der Waals surface area contributed by atoms with Gasteiger partial charge in [0, 0.05) is 24.3 Å². The standard InChI is InChI=1S/C43H58N2O3.2ClH/c1-2-3-4-5-6-7-8-19-29-43(44,40(33-36-20-11-9-12-21-36)34-39-25-16-18-27-42(39)48)45(31-32-46,35-37-22-13-10-14-23-37)30-28-38-24-15-17-26-41(38)47;;/h9-18,20-27,40,46H,2-8,19,28-35,44H2,1H3,(H-,47,48);2*1H. The molecular formula is C43H60Cl2N2O3. The summed E-state index contributed by atoms with van der Waals surface area (Å²) in [5.41, 5.74) is 11.5. The molecular weight excluding hydrogens is 663 g/mol. The van der Waals surface area contributed by atoms with Crippen molar-refractivity contribution in [1.29, 1.82) is 0 Å². The number of quaternary nitrogens is 1. The van der Waals surface area contributed by atoms with E-state index in [1.807, 2.05) is 48.5 Å². The molecule has 4 rings (SSSR count). The van der Waals surface area contributed by atoms with E-state index in [-0.39, 0.29) is 37.3 Å². The number of hydrogen-bond acceptors (Lipinski definition) is 4. The number of aromatic hydroxyl groups is 2. The molecule has 274 valence electrons. The minimum absolute atomic E-state index is 0. The number of hydrogen-bond donors (Lipinski definition) is 4. The number of benzene rings is 4. The molecule has 4 aromatic carbocycles. The monoisotopic (exact) mass is 722 g/mol. The fourth-order valence-corrected chi connectivity index (χ4v) is 7.66. The van der Waals surface area contributed by atoms with E-state index in [1.54, 1.807) is 12.1 Å². The van der Waals surface area contributed by atoms with Crippen molar-refractivity contribution >= 4 is 12.4 Å². The SMILES string of the molecule is CCCCCCCCCCC(N)(C(Cc1ccccc1)Cc1ccccc1O)[N+](CCO)(CCc1ccccc1O)Cc1ccccc1.Cl.[Cl-]. The molecule has 0 spiro atoms. The number of rotatable bonds is 22. The van der Waals surface area contributed by atoms with Crippen LogP contribution in [0.5, 0.6) is 11.5 Å². The topological polar surface area (TPSA) is 86.7 Å². The molecule has 0 saturated carbocycles. The molecule has 0 bridgehead atoms. The van der Waals surface area contributed by atoms with Crippen LogP contribution < -0.4 is 18.1 Å². The second-order valence-corrected chi connectivity index (χ2v) is 13.8. The number of unbranched alkanes of at least 4 members (excludes halogenated alkanes) is 7. The van der Waals surface area contributed by atoms with Crippen molar-refractivity contribution in [2.75, 3.05) is 19.7 Å². The van der Waals surface area contributed by atoms with Gasteiger partial charge in [0.1, 0.15) is 24.6 Å². The summed E-state index contributed by atoms with van der Waals surface area (Å²) in [6.07, 6.45) is 12.5. The van der Waals surface area contributed by atoms with Gasteiger partial charge < -0.3 is 32.2 Å². The van der Waals surface area contributed by atoms with Crippen LogP contribution in [-0.2, 0) is 25.8 Å². The quantitative estimate of drug-likeness (QED) is 0.0432. The van der Waals surface area contributed by atoms with Crippen LogP contribution in [0, 0.1) is 5.92 Å². The van der Waals surface area contributed by atoms with Gasteiger partial charge in [0.25, 0.3) is 0 Å². The zero-order chi connectivity index (χ0) is 34.1. The van der Waals surface area contributed by atoms with E-state index >= 15 is 0 Å². The second-order valence-electron chi connectivity index (χ2n) is 13.8. The third-order valence-electron chi connectivity index (χ3n) is 10.5. The molecule has 0 amide bonds. The number of phenols is 2. The summed E-state index contributed by atoms with van der Waals surface area (Å²) in [5.74, 6) is 0.542. The Labute approximate surface area is 314 Å². The fourth-order valence-electron chi connectivity index (χ4n) is 7.66. The van der Waals surface area contributed by atoms with Gasteiger partial charge in [-0.1, -0.05) is 149 Å². The van der Waals surface area contributed by atoms with E-state index in [0.717, 1.165) is 36.8 Å². The van der Waals surface area contributed by atoms with Crippen LogP contribution in [0.1, 0.15) is 87.0 Å². The van der Waals surface area contributed by atoms with E-state index in [1.165, 1.54) is 49.7 Å². The van der Waals surface area contributed by atoms with Crippen molar-refractivity contribution in [2.24, 2.45) is 11.7 Å². The lowest BCUT2D eigenvalue weighted by molar-refractivity contribution is -0.993. The highest BCUT2D eigenvalue weighted by molar-refractivity contribution is 5.85. The number of para-hydroxylation sites is 2. The first kappa shape index (κ1) is 43.1. The summed E-state index contributed by atoms with van der Waals surface area (Å²) in [4.78, 5) is 0. The van der Waals surface area contributed by atoms with Gasteiger partial charge >= 0.3 is 0 Å². The lowest BCUT2D eigenvalue weighted by Crippen LogP contribution is -3.00. The Morgan fingerprint density at radius 3 is 1.68 bits per heavy atom. The maximum Gasteiger partial charge on any atom is 0.154 e. The Morgan fingerprint density at radius 2 is 1.12 bits per heavy atom. The van der Waals surface area contributed by atoms with Gasteiger partial charge in [-0.2, -0.15) is 0 Å². The molecule has 7 heteroatoms. The largest absolute Gasteiger partial charge is 1.00 e. The molecule has 3 atom stereocenters. The second kappa shape index (κ2) is 22.7. The van der Waals surface area contributed by atoms with Crippen molar-refractivity contribution in [3.63, 3.8) is 0 Å². The molecule has 0 aromatic heterocycles. The maximum absolute atomic E-state index is 11.0. The molecule has 0 aliphatic heterocycles. The Balaban J connectivity index is 0.00000433. The van der Waals surface area contributed by atoms with E-state index in [9.17, 15) is 15.3 Å². The van der Waals surface area contributed by atoms with Crippen LogP contribution in [0.3, 0.4) is 0 Å². The molecule has 5 nitrogen and oxygen atoms in total. The van der Waals surface area contributed by atoms with Crippen LogP contribution in [-0.4, -0.2) is 45.2 Å². The van der Waals surface area contributed by atoms with E-state index < -0.39 is 5.66 Å². The minimum Gasteiger partial charge on any atom is -1.00 e. The zero-order valence-electron chi connectivity index (χ0n) is 29.9. The number of halogens is 2. The molecule has 0 aliphatic carbocycles. The molecule has 0 aliphatic rings. The average Bonchev–Trinajstić information content (AvgIpc) is 3.10. The lowest BCUT2D eigenvalue weighted by atomic mass is 9.76. The highest BCUT2D eigenvalue weighted by atomic mass is 35.5. The third-order valence-corrected chi connectivity index (χ3v) is 10.5. The molecule has 0 heterocycles. The third kappa shape index (κ3) is 12.3. The van der Waals surface area contributed by atoms with E-state index in [2.05, 4.69) is 55.5 Å². The minimum atomic E-state index is -0.761. The van der Waals surface area contributed by atoms with Gasteiger partial charge in [0.2, 0.25) is 0 Å².